The quantitative estimate of drug-likeness (QED) is 0.246. The maximum Gasteiger partial charge on any atom is 0.522 e. The number of nitrogens with one attached hydrogen (secondary N) is 2. The molecule has 0 unspecified atom stereocenters. The second kappa shape index (κ2) is 4.45. The normalized spacial score (nSPS) is 11.2. The molecule has 0 aliphatic carbocycles. The topological polar surface area (TPSA) is 106 Å². The van der Waals surface area contributed by atoms with Gasteiger partial charge in [-0.15, -0.1) is 4.99 Å². The highest BCUT2D eigenvalue weighted by atomic mass is 15.1. The molecule has 8 N–H and O–H groups in total. The van der Waals surface area contributed by atoms with Crippen LogP contribution in [0.25, 0.3) is 0 Å². The zero-order valence-electron chi connectivity index (χ0n) is 8.96. The summed E-state index contributed by atoms with van der Waals surface area (Å²) < 4.78 is 0. The van der Waals surface area contributed by atoms with Crippen molar-refractivity contribution in [2.75, 3.05) is 0 Å². The first-order valence-corrected chi connectivity index (χ1v) is 4.60. The van der Waals surface area contributed by atoms with Crippen LogP contribution >= 0.6 is 0 Å². The smallest absolute Gasteiger partial charge is 0.345 e. The molecule has 1 aromatic carbocycles. The Morgan fingerprint density at radius 3 is 2.33 bits per heavy atom. The summed E-state index contributed by atoms with van der Waals surface area (Å²) in [6.07, 6.45) is 0. The zero-order chi connectivity index (χ0) is 11.4. The van der Waals surface area contributed by atoms with Crippen molar-refractivity contribution in [3.8, 4) is 0 Å². The maximum atomic E-state index is 5.63. The Balaban J connectivity index is 3.03. The third kappa shape index (κ3) is 3.30. The molecule has 0 atom stereocenters. The lowest BCUT2D eigenvalue weighted by molar-refractivity contribution is -0.459. The van der Waals surface area contributed by atoms with Crippen molar-refractivity contribution >= 4 is 17.6 Å². The Morgan fingerprint density at radius 2 is 1.80 bits per heavy atom. The lowest BCUT2D eigenvalue weighted by Gasteiger charge is -1.96. The molecule has 0 aromatic heterocycles. The van der Waals surface area contributed by atoms with Crippen LogP contribution in [0.1, 0.15) is 11.1 Å². The largest absolute Gasteiger partial charge is 0.522 e. The summed E-state index contributed by atoms with van der Waals surface area (Å²) in [4.78, 5) is 5.56. The van der Waals surface area contributed by atoms with Crippen molar-refractivity contribution in [2.24, 2.45) is 17.2 Å². The first kappa shape index (κ1) is 11.0. The minimum absolute atomic E-state index is 0.0600. The highest BCUT2D eigenvalue weighted by Crippen LogP contribution is 2.09. The Labute approximate surface area is 88.7 Å². The van der Waals surface area contributed by atoms with E-state index in [0.717, 1.165) is 11.3 Å². The van der Waals surface area contributed by atoms with E-state index in [1.807, 2.05) is 26.0 Å². The lowest BCUT2D eigenvalue weighted by atomic mass is 10.1. The van der Waals surface area contributed by atoms with E-state index in [1.165, 1.54) is 5.56 Å². The van der Waals surface area contributed by atoms with Crippen LogP contribution in [0, 0.1) is 13.8 Å². The second-order valence-corrected chi connectivity index (χ2v) is 3.44. The molecule has 0 aliphatic rings. The van der Waals surface area contributed by atoms with Crippen LogP contribution in [-0.4, -0.2) is 11.9 Å². The van der Waals surface area contributed by atoms with Crippen molar-refractivity contribution in [1.82, 2.24) is 0 Å². The molecule has 0 spiro atoms. The van der Waals surface area contributed by atoms with Gasteiger partial charge in [-0.2, -0.15) is 4.99 Å². The van der Waals surface area contributed by atoms with Gasteiger partial charge in [-0.25, -0.2) is 5.73 Å². The molecule has 0 bridgehead atoms. The molecule has 0 saturated heterocycles. The fourth-order valence-corrected chi connectivity index (χ4v) is 1.29. The zero-order valence-corrected chi connectivity index (χ0v) is 8.96. The van der Waals surface area contributed by atoms with Crippen molar-refractivity contribution in [3.05, 3.63) is 29.3 Å². The number of rotatable bonds is 1. The van der Waals surface area contributed by atoms with E-state index in [2.05, 4.69) is 16.1 Å². The summed E-state index contributed by atoms with van der Waals surface area (Å²) in [5.41, 5.74) is 19.4. The lowest BCUT2D eigenvalue weighted by Crippen LogP contribution is -2.96. The van der Waals surface area contributed by atoms with Gasteiger partial charge in [-0.05, 0) is 19.9 Å². The molecule has 5 heteroatoms. The molecule has 0 aliphatic heterocycles. The van der Waals surface area contributed by atoms with E-state index in [9.17, 15) is 0 Å². The molecule has 0 amide bonds. The second-order valence-electron chi connectivity index (χ2n) is 3.44. The van der Waals surface area contributed by atoms with Crippen LogP contribution in [0.2, 0.25) is 0 Å². The average molecular weight is 207 g/mol. The van der Waals surface area contributed by atoms with Gasteiger partial charge < -0.3 is 11.5 Å². The molecule has 15 heavy (non-hydrogen) atoms. The fourth-order valence-electron chi connectivity index (χ4n) is 1.29. The van der Waals surface area contributed by atoms with E-state index in [-0.39, 0.29) is 5.96 Å². The van der Waals surface area contributed by atoms with E-state index in [1.54, 1.807) is 0 Å². The molecular formula is C10H17N5+2. The number of benzene rings is 1. The highest BCUT2D eigenvalue weighted by Gasteiger charge is 2.06. The number of aryl methyl sites for hydroxylation is 2. The molecule has 5 nitrogen and oxygen atoms in total. The summed E-state index contributed by atoms with van der Waals surface area (Å²) in [5.74, 6) is 0.367. The van der Waals surface area contributed by atoms with Gasteiger partial charge in [0.2, 0.25) is 0 Å². The molecule has 0 heterocycles. The van der Waals surface area contributed by atoms with Crippen molar-refractivity contribution in [2.45, 2.75) is 13.8 Å². The van der Waals surface area contributed by atoms with Crippen LogP contribution in [-0.2, 0) is 0 Å². The van der Waals surface area contributed by atoms with Crippen molar-refractivity contribution in [1.29, 1.82) is 0 Å². The molecule has 0 radical (unpaired) electrons. The Morgan fingerprint density at radius 1 is 1.13 bits per heavy atom. The van der Waals surface area contributed by atoms with E-state index in [0.29, 0.717) is 5.96 Å². The van der Waals surface area contributed by atoms with Crippen LogP contribution in [0.15, 0.2) is 18.2 Å². The number of guanidine groups is 2. The Kier molecular flexibility index (Phi) is 3.28. The maximum absolute atomic E-state index is 5.63. The highest BCUT2D eigenvalue weighted by molar-refractivity contribution is 5.76. The predicted octanol–water partition coefficient (Wildman–Crippen LogP) is -3.32. The molecule has 0 fully saturated rings. The summed E-state index contributed by atoms with van der Waals surface area (Å²) in [7, 11) is 0. The molecule has 1 rings (SSSR count). The SMILES string of the molecule is Cc1ccc([NH+]=C(N)[NH+]=C(N)N)c(C)c1. The first-order valence-electron chi connectivity index (χ1n) is 4.60. The van der Waals surface area contributed by atoms with Crippen LogP contribution in [0.5, 0.6) is 0 Å². The minimum atomic E-state index is 0.0600. The Bertz CT molecular complexity index is 416. The summed E-state index contributed by atoms with van der Waals surface area (Å²) in [6, 6.07) is 6.01. The van der Waals surface area contributed by atoms with Gasteiger partial charge in [-0.3, -0.25) is 0 Å². The summed E-state index contributed by atoms with van der Waals surface area (Å²) in [5, 5.41) is 0. The first-order chi connectivity index (χ1) is 6.99. The number of nitrogens with two attached hydrogens (primary N) is 3. The van der Waals surface area contributed by atoms with Crippen molar-refractivity contribution < 1.29 is 9.98 Å². The fraction of sp³-hybridized carbons (Fsp3) is 0.200. The van der Waals surface area contributed by atoms with Gasteiger partial charge in [0.1, 0.15) is 0 Å². The number of hydrogen-bond donors (Lipinski definition) is 5. The van der Waals surface area contributed by atoms with Gasteiger partial charge in [-0.1, -0.05) is 17.7 Å². The van der Waals surface area contributed by atoms with Gasteiger partial charge in [0.25, 0.3) is 5.96 Å². The van der Waals surface area contributed by atoms with Gasteiger partial charge in [0.05, 0.1) is 0 Å². The monoisotopic (exact) mass is 207 g/mol. The predicted molar refractivity (Wildman–Crippen MR) is 60.1 cm³/mol. The van der Waals surface area contributed by atoms with E-state index in [4.69, 9.17) is 17.2 Å². The number of hydrogen-bond acceptors (Lipinski definition) is 0. The van der Waals surface area contributed by atoms with Crippen LogP contribution in [0.3, 0.4) is 0 Å². The summed E-state index contributed by atoms with van der Waals surface area (Å²) >= 11 is 0. The third-order valence-corrected chi connectivity index (χ3v) is 1.93. The molecule has 1 aromatic rings. The standard InChI is InChI=1S/C10H15N5/c1-6-3-4-8(7(2)5-6)14-10(13)15-9(11)12/h3-5H,1-2H3,(H6,11,12,13,14,15)/p+2. The van der Waals surface area contributed by atoms with Gasteiger partial charge >= 0.3 is 5.96 Å². The van der Waals surface area contributed by atoms with Crippen molar-refractivity contribution in [3.63, 3.8) is 0 Å². The third-order valence-electron chi connectivity index (χ3n) is 1.93. The molecule has 0 saturated carbocycles. The molecule has 80 valence electrons. The van der Waals surface area contributed by atoms with Crippen LogP contribution < -0.4 is 27.2 Å². The van der Waals surface area contributed by atoms with Crippen LogP contribution in [0.4, 0.5) is 5.69 Å². The Hall–Kier alpha value is -2.04. The van der Waals surface area contributed by atoms with E-state index < -0.39 is 0 Å². The average Bonchev–Trinajstić information content (AvgIpc) is 2.08. The summed E-state index contributed by atoms with van der Waals surface area (Å²) in [6.45, 7) is 4.03. The minimum Gasteiger partial charge on any atom is -0.345 e. The van der Waals surface area contributed by atoms with Gasteiger partial charge in [0, 0.05) is 5.56 Å². The molecular weight excluding hydrogens is 190 g/mol. The van der Waals surface area contributed by atoms with Gasteiger partial charge in [0.15, 0.2) is 5.69 Å². The van der Waals surface area contributed by atoms with E-state index >= 15 is 0 Å².